The molecule has 2 amide bonds. The number of anilines is 2. The van der Waals surface area contributed by atoms with Gasteiger partial charge in [-0.25, -0.2) is 0 Å². The Hall–Kier alpha value is -2.66. The van der Waals surface area contributed by atoms with Crippen molar-refractivity contribution < 1.29 is 9.59 Å². The van der Waals surface area contributed by atoms with Crippen molar-refractivity contribution in [2.24, 2.45) is 0 Å². The first-order valence-electron chi connectivity index (χ1n) is 11.3. The van der Waals surface area contributed by atoms with Crippen LogP contribution >= 0.6 is 22.7 Å². The lowest BCUT2D eigenvalue weighted by molar-refractivity contribution is -0.118. The first kappa shape index (κ1) is 27.6. The van der Waals surface area contributed by atoms with Gasteiger partial charge in [-0.2, -0.15) is 0 Å². The van der Waals surface area contributed by atoms with Crippen LogP contribution in [0.15, 0.2) is 34.8 Å². The second kappa shape index (κ2) is 13.3. The van der Waals surface area contributed by atoms with E-state index in [1.807, 2.05) is 41.6 Å². The van der Waals surface area contributed by atoms with E-state index in [0.717, 1.165) is 57.9 Å². The van der Waals surface area contributed by atoms with E-state index in [1.54, 1.807) is 11.9 Å². The molecule has 0 aliphatic heterocycles. The number of hydrogen-bond acceptors (Lipinski definition) is 8. The Balaban J connectivity index is 1.77. The fourth-order valence-corrected chi connectivity index (χ4v) is 4.56. The molecule has 0 spiro atoms. The van der Waals surface area contributed by atoms with Gasteiger partial charge in [0.2, 0.25) is 22.1 Å². The van der Waals surface area contributed by atoms with Gasteiger partial charge in [0.15, 0.2) is 0 Å². The quantitative estimate of drug-likeness (QED) is 0.268. The number of rotatable bonds is 12. The van der Waals surface area contributed by atoms with E-state index in [2.05, 4.69) is 32.3 Å². The molecule has 0 unspecified atom stereocenters. The molecule has 11 heteroatoms. The summed E-state index contributed by atoms with van der Waals surface area (Å²) in [5.74, 6) is -0.104. The number of allylic oxidation sites excluding steroid dienone is 3. The van der Waals surface area contributed by atoms with Gasteiger partial charge in [0.25, 0.3) is 0 Å². The molecular weight excluding hydrogens is 467 g/mol. The van der Waals surface area contributed by atoms with Crippen LogP contribution in [-0.2, 0) is 22.4 Å². The average molecular weight is 501 g/mol. The zero-order valence-corrected chi connectivity index (χ0v) is 22.5. The molecule has 0 radical (unpaired) electrons. The maximum Gasteiger partial charge on any atom is 0.232 e. The molecule has 0 saturated carbocycles. The van der Waals surface area contributed by atoms with Crippen LogP contribution in [0.3, 0.4) is 0 Å². The average Bonchev–Trinajstić information content (AvgIpc) is 3.43. The standard InChI is InChI=1S/C23H33BN6O2S2/c1-7-17(14(2)3)13-18(31)25-22-28-26-19(33-22)10-8-9-11-20-27-29-23(34-20)30(6)21(32)12-15(4)16(5)24/h7H,2,8-13,24H2,1,3-6H3,(H,25,28,31)/b16-15-,17-7-. The predicted octanol–water partition coefficient (Wildman–Crippen LogP) is 4.09. The molecule has 8 nitrogen and oxygen atoms in total. The van der Waals surface area contributed by atoms with Crippen molar-refractivity contribution >= 4 is 52.6 Å². The Morgan fingerprint density at radius 2 is 1.65 bits per heavy atom. The summed E-state index contributed by atoms with van der Waals surface area (Å²) in [6.07, 6.45) is 5.99. The van der Waals surface area contributed by atoms with E-state index >= 15 is 0 Å². The van der Waals surface area contributed by atoms with Crippen molar-refractivity contribution in [3.8, 4) is 0 Å². The summed E-state index contributed by atoms with van der Waals surface area (Å²) >= 11 is 2.85. The number of carbonyl (C=O) groups is 2. The molecule has 34 heavy (non-hydrogen) atoms. The van der Waals surface area contributed by atoms with E-state index in [1.165, 1.54) is 22.7 Å². The number of amides is 2. The largest absolute Gasteiger partial charge is 0.300 e. The predicted molar refractivity (Wildman–Crippen MR) is 143 cm³/mol. The number of aryl methyl sites for hydroxylation is 2. The van der Waals surface area contributed by atoms with Crippen molar-refractivity contribution in [3.05, 3.63) is 44.9 Å². The SMILES string of the molecule is B/C(C)=C(/C)CC(=O)N(C)c1nnc(CCCCc2nnc(NC(=O)C/C(=C/C)C(=C)C)s2)s1. The second-order valence-electron chi connectivity index (χ2n) is 8.42. The number of carbonyl (C=O) groups excluding carboxylic acids is 2. The molecule has 0 aliphatic carbocycles. The topological polar surface area (TPSA) is 101 Å². The number of aromatic nitrogens is 4. The number of hydrogen-bond donors (Lipinski definition) is 1. The van der Waals surface area contributed by atoms with E-state index in [0.29, 0.717) is 16.7 Å². The molecule has 0 aliphatic rings. The Kier molecular flexibility index (Phi) is 10.8. The zero-order chi connectivity index (χ0) is 25.3. The van der Waals surface area contributed by atoms with Crippen LogP contribution in [0.5, 0.6) is 0 Å². The summed E-state index contributed by atoms with van der Waals surface area (Å²) < 4.78 is 0. The van der Waals surface area contributed by atoms with Crippen molar-refractivity contribution in [1.29, 1.82) is 0 Å². The maximum absolute atomic E-state index is 12.4. The molecule has 0 fully saturated rings. The van der Waals surface area contributed by atoms with Crippen molar-refractivity contribution in [2.75, 3.05) is 17.3 Å². The molecule has 2 aromatic heterocycles. The summed E-state index contributed by atoms with van der Waals surface area (Å²) in [4.78, 5) is 26.2. The van der Waals surface area contributed by atoms with E-state index in [4.69, 9.17) is 0 Å². The van der Waals surface area contributed by atoms with Crippen LogP contribution in [0.4, 0.5) is 10.3 Å². The molecule has 1 N–H and O–H groups in total. The van der Waals surface area contributed by atoms with Gasteiger partial charge in [0.05, 0.1) is 6.42 Å². The number of nitrogens with zero attached hydrogens (tertiary/aromatic N) is 5. The summed E-state index contributed by atoms with van der Waals surface area (Å²) in [7, 11) is 3.75. The Morgan fingerprint density at radius 1 is 1.03 bits per heavy atom. The fraction of sp³-hybridized carbons (Fsp3) is 0.478. The molecule has 2 rings (SSSR count). The second-order valence-corrected chi connectivity index (χ2v) is 10.5. The van der Waals surface area contributed by atoms with Crippen molar-refractivity contribution in [3.63, 3.8) is 0 Å². The first-order chi connectivity index (χ1) is 16.1. The third-order valence-electron chi connectivity index (χ3n) is 5.38. The van der Waals surface area contributed by atoms with E-state index in [9.17, 15) is 9.59 Å². The van der Waals surface area contributed by atoms with Crippen molar-refractivity contribution in [2.45, 2.75) is 66.2 Å². The van der Waals surface area contributed by atoms with Crippen LogP contribution in [0.2, 0.25) is 0 Å². The van der Waals surface area contributed by atoms with Crippen molar-refractivity contribution in [1.82, 2.24) is 20.4 Å². The molecule has 0 atom stereocenters. The smallest absolute Gasteiger partial charge is 0.232 e. The van der Waals surface area contributed by atoms with Gasteiger partial charge in [-0.1, -0.05) is 53.4 Å². The highest BCUT2D eigenvalue weighted by atomic mass is 32.1. The lowest BCUT2D eigenvalue weighted by Crippen LogP contribution is -2.26. The highest BCUT2D eigenvalue weighted by Gasteiger charge is 2.16. The normalized spacial score (nSPS) is 12.3. The molecular formula is C23H33BN6O2S2. The van der Waals surface area contributed by atoms with Crippen LogP contribution < -0.4 is 10.2 Å². The van der Waals surface area contributed by atoms with Gasteiger partial charge < -0.3 is 5.32 Å². The highest BCUT2D eigenvalue weighted by Crippen LogP contribution is 2.23. The van der Waals surface area contributed by atoms with E-state index < -0.39 is 0 Å². The van der Waals surface area contributed by atoms with Crippen LogP contribution in [0.25, 0.3) is 0 Å². The van der Waals surface area contributed by atoms with Gasteiger partial charge in [-0.3, -0.25) is 14.5 Å². The first-order valence-corrected chi connectivity index (χ1v) is 12.9. The van der Waals surface area contributed by atoms with Gasteiger partial charge in [-0.15, -0.1) is 25.9 Å². The summed E-state index contributed by atoms with van der Waals surface area (Å²) in [6.45, 7) is 11.7. The molecule has 0 bridgehead atoms. The summed E-state index contributed by atoms with van der Waals surface area (Å²) in [5.41, 5.74) is 4.04. The molecule has 2 aromatic rings. The van der Waals surface area contributed by atoms with Crippen LogP contribution in [0.1, 0.15) is 63.4 Å². The Labute approximate surface area is 210 Å². The molecule has 0 aromatic carbocycles. The Bertz CT molecular complexity index is 1080. The lowest BCUT2D eigenvalue weighted by atomic mass is 9.91. The monoisotopic (exact) mass is 500 g/mol. The minimum atomic E-state index is -0.120. The van der Waals surface area contributed by atoms with Gasteiger partial charge >= 0.3 is 0 Å². The van der Waals surface area contributed by atoms with Gasteiger partial charge in [0, 0.05) is 26.3 Å². The number of unbranched alkanes of at least 4 members (excludes halogenated alkanes) is 1. The molecule has 182 valence electrons. The molecule has 0 saturated heterocycles. The minimum Gasteiger partial charge on any atom is -0.300 e. The van der Waals surface area contributed by atoms with Crippen LogP contribution in [-0.4, -0.2) is 47.1 Å². The zero-order valence-electron chi connectivity index (χ0n) is 20.9. The minimum absolute atomic E-state index is 0.0159. The third-order valence-corrected chi connectivity index (χ3v) is 7.34. The third kappa shape index (κ3) is 8.60. The van der Waals surface area contributed by atoms with Gasteiger partial charge in [-0.05, 0) is 39.2 Å². The van der Waals surface area contributed by atoms with Gasteiger partial charge in [0.1, 0.15) is 17.9 Å². The molecule has 2 heterocycles. The Morgan fingerprint density at radius 3 is 2.24 bits per heavy atom. The fourth-order valence-electron chi connectivity index (χ4n) is 2.90. The highest BCUT2D eigenvalue weighted by molar-refractivity contribution is 7.15. The lowest BCUT2D eigenvalue weighted by Gasteiger charge is -2.13. The summed E-state index contributed by atoms with van der Waals surface area (Å²) in [6, 6.07) is 0. The number of nitrogens with one attached hydrogen (secondary N) is 1. The van der Waals surface area contributed by atoms with E-state index in [-0.39, 0.29) is 18.2 Å². The summed E-state index contributed by atoms with van der Waals surface area (Å²) in [5, 5.41) is 22.4. The van der Waals surface area contributed by atoms with Crippen LogP contribution in [0, 0.1) is 0 Å². The maximum atomic E-state index is 12.4.